The number of likely N-dealkylation sites (N-methyl/N-ethyl adjacent to an activating group) is 1. The Hall–Kier alpha value is -1.61. The van der Waals surface area contributed by atoms with Crippen molar-refractivity contribution in [3.05, 3.63) is 41.5 Å². The summed E-state index contributed by atoms with van der Waals surface area (Å²) < 4.78 is 0. The maximum Gasteiger partial charge on any atom is 0.249 e. The smallest absolute Gasteiger partial charge is 0.249 e. The van der Waals surface area contributed by atoms with E-state index in [1.54, 1.807) is 0 Å². The Balaban J connectivity index is 2.03. The molecule has 1 fully saturated rings. The summed E-state index contributed by atoms with van der Waals surface area (Å²) in [5, 5.41) is 0. The molecular weight excluding hydrogens is 224 g/mol. The van der Waals surface area contributed by atoms with E-state index in [0.717, 1.165) is 37.3 Å². The van der Waals surface area contributed by atoms with Gasteiger partial charge in [-0.2, -0.15) is 0 Å². The van der Waals surface area contributed by atoms with Gasteiger partial charge in [-0.3, -0.25) is 4.79 Å². The van der Waals surface area contributed by atoms with Gasteiger partial charge in [0, 0.05) is 31.8 Å². The summed E-state index contributed by atoms with van der Waals surface area (Å²) in [6, 6.07) is 9.98. The number of rotatable bonds is 2. The highest BCUT2D eigenvalue weighted by atomic mass is 16.2. The van der Waals surface area contributed by atoms with Crippen LogP contribution in [-0.2, 0) is 4.79 Å². The van der Waals surface area contributed by atoms with E-state index in [-0.39, 0.29) is 5.91 Å². The van der Waals surface area contributed by atoms with Crippen molar-refractivity contribution in [3.63, 3.8) is 0 Å². The number of benzene rings is 1. The zero-order valence-corrected chi connectivity index (χ0v) is 11.1. The van der Waals surface area contributed by atoms with Crippen LogP contribution in [0.1, 0.15) is 12.5 Å². The standard InChI is InChI=1S/C15H20N2O/c1-13(12-14-6-4-3-5-7-14)15(18)17-10-8-16(2)9-11-17/h3-7,12H,8-11H2,1-2H3/b13-12+. The Morgan fingerprint density at radius 3 is 2.33 bits per heavy atom. The number of carbonyl (C=O) groups is 1. The second kappa shape index (κ2) is 5.83. The van der Waals surface area contributed by atoms with Gasteiger partial charge in [0.25, 0.3) is 0 Å². The summed E-state index contributed by atoms with van der Waals surface area (Å²) in [5.41, 5.74) is 1.89. The largest absolute Gasteiger partial charge is 0.336 e. The lowest BCUT2D eigenvalue weighted by atomic mass is 10.1. The molecule has 0 spiro atoms. The molecule has 0 N–H and O–H groups in total. The Kier molecular flexibility index (Phi) is 4.15. The normalized spacial score (nSPS) is 17.9. The summed E-state index contributed by atoms with van der Waals surface area (Å²) in [5.74, 6) is 0.159. The molecule has 3 heteroatoms. The molecule has 0 unspecified atom stereocenters. The molecule has 0 radical (unpaired) electrons. The number of nitrogens with zero attached hydrogens (tertiary/aromatic N) is 2. The minimum absolute atomic E-state index is 0.159. The fraction of sp³-hybridized carbons (Fsp3) is 0.400. The molecule has 18 heavy (non-hydrogen) atoms. The van der Waals surface area contributed by atoms with Gasteiger partial charge in [-0.25, -0.2) is 0 Å². The summed E-state index contributed by atoms with van der Waals surface area (Å²) in [6.45, 7) is 5.48. The van der Waals surface area contributed by atoms with Crippen molar-refractivity contribution in [1.29, 1.82) is 0 Å². The molecule has 0 saturated carbocycles. The Morgan fingerprint density at radius 1 is 1.11 bits per heavy atom. The van der Waals surface area contributed by atoms with Crippen molar-refractivity contribution >= 4 is 12.0 Å². The number of hydrogen-bond donors (Lipinski definition) is 0. The van der Waals surface area contributed by atoms with Crippen LogP contribution in [-0.4, -0.2) is 48.9 Å². The van der Waals surface area contributed by atoms with E-state index in [9.17, 15) is 4.79 Å². The third-order valence-electron chi connectivity index (χ3n) is 3.31. The predicted octanol–water partition coefficient (Wildman–Crippen LogP) is 1.86. The molecule has 1 aliphatic rings. The minimum Gasteiger partial charge on any atom is -0.336 e. The van der Waals surface area contributed by atoms with Crippen molar-refractivity contribution in [2.75, 3.05) is 33.2 Å². The van der Waals surface area contributed by atoms with Gasteiger partial charge in [0.2, 0.25) is 5.91 Å². The van der Waals surface area contributed by atoms with Crippen LogP contribution in [0.3, 0.4) is 0 Å². The third kappa shape index (κ3) is 3.20. The first-order chi connectivity index (χ1) is 8.66. The molecule has 0 aromatic heterocycles. The summed E-state index contributed by atoms with van der Waals surface area (Å²) in [4.78, 5) is 16.4. The van der Waals surface area contributed by atoms with Gasteiger partial charge in [-0.15, -0.1) is 0 Å². The summed E-state index contributed by atoms with van der Waals surface area (Å²) >= 11 is 0. The first-order valence-electron chi connectivity index (χ1n) is 6.38. The molecule has 2 rings (SSSR count). The number of piperazine rings is 1. The lowest BCUT2D eigenvalue weighted by Crippen LogP contribution is -2.47. The zero-order chi connectivity index (χ0) is 13.0. The van der Waals surface area contributed by atoms with E-state index in [1.807, 2.05) is 48.2 Å². The quantitative estimate of drug-likeness (QED) is 0.741. The molecule has 1 aromatic rings. The van der Waals surface area contributed by atoms with E-state index < -0.39 is 0 Å². The van der Waals surface area contributed by atoms with Crippen LogP contribution in [0.4, 0.5) is 0 Å². The van der Waals surface area contributed by atoms with Crippen LogP contribution in [0, 0.1) is 0 Å². The van der Waals surface area contributed by atoms with Gasteiger partial charge in [-0.1, -0.05) is 30.3 Å². The predicted molar refractivity (Wildman–Crippen MR) is 74.2 cm³/mol. The van der Waals surface area contributed by atoms with E-state index in [1.165, 1.54) is 0 Å². The fourth-order valence-corrected chi connectivity index (χ4v) is 2.12. The highest BCUT2D eigenvalue weighted by molar-refractivity contribution is 5.97. The lowest BCUT2D eigenvalue weighted by molar-refractivity contribution is -0.128. The Labute approximate surface area is 109 Å². The molecule has 96 valence electrons. The SMILES string of the molecule is C/C(=C\c1ccccc1)C(=O)N1CCN(C)CC1. The first-order valence-corrected chi connectivity index (χ1v) is 6.38. The number of carbonyl (C=O) groups excluding carboxylic acids is 1. The Morgan fingerprint density at radius 2 is 1.72 bits per heavy atom. The maximum absolute atomic E-state index is 12.2. The van der Waals surface area contributed by atoms with E-state index in [0.29, 0.717) is 0 Å². The van der Waals surface area contributed by atoms with Crippen LogP contribution >= 0.6 is 0 Å². The van der Waals surface area contributed by atoms with Crippen molar-refractivity contribution in [2.45, 2.75) is 6.92 Å². The van der Waals surface area contributed by atoms with E-state index in [2.05, 4.69) is 11.9 Å². The molecule has 0 aliphatic carbocycles. The third-order valence-corrected chi connectivity index (χ3v) is 3.31. The fourth-order valence-electron chi connectivity index (χ4n) is 2.12. The average Bonchev–Trinajstić information content (AvgIpc) is 2.40. The minimum atomic E-state index is 0.159. The molecule has 0 bridgehead atoms. The molecule has 1 saturated heterocycles. The monoisotopic (exact) mass is 244 g/mol. The second-order valence-corrected chi connectivity index (χ2v) is 4.83. The molecule has 0 atom stereocenters. The average molecular weight is 244 g/mol. The van der Waals surface area contributed by atoms with Gasteiger partial charge in [-0.05, 0) is 25.6 Å². The van der Waals surface area contributed by atoms with Crippen LogP contribution in [0.2, 0.25) is 0 Å². The van der Waals surface area contributed by atoms with Gasteiger partial charge in [0.1, 0.15) is 0 Å². The molecule has 1 heterocycles. The van der Waals surface area contributed by atoms with Crippen LogP contribution < -0.4 is 0 Å². The number of amides is 1. The van der Waals surface area contributed by atoms with Crippen LogP contribution in [0.15, 0.2) is 35.9 Å². The van der Waals surface area contributed by atoms with Crippen LogP contribution in [0.5, 0.6) is 0 Å². The highest BCUT2D eigenvalue weighted by Gasteiger charge is 2.19. The van der Waals surface area contributed by atoms with E-state index >= 15 is 0 Å². The van der Waals surface area contributed by atoms with Crippen molar-refractivity contribution in [2.24, 2.45) is 0 Å². The molecule has 1 amide bonds. The number of hydrogen-bond acceptors (Lipinski definition) is 2. The highest BCUT2D eigenvalue weighted by Crippen LogP contribution is 2.10. The first kappa shape index (κ1) is 12.8. The van der Waals surface area contributed by atoms with Gasteiger partial charge >= 0.3 is 0 Å². The van der Waals surface area contributed by atoms with E-state index in [4.69, 9.17) is 0 Å². The van der Waals surface area contributed by atoms with Gasteiger partial charge in [0.05, 0.1) is 0 Å². The van der Waals surface area contributed by atoms with Gasteiger partial charge in [0.15, 0.2) is 0 Å². The maximum atomic E-state index is 12.2. The molecular formula is C15H20N2O. The lowest BCUT2D eigenvalue weighted by Gasteiger charge is -2.32. The van der Waals surface area contributed by atoms with Crippen LogP contribution in [0.25, 0.3) is 6.08 Å². The topological polar surface area (TPSA) is 23.6 Å². The van der Waals surface area contributed by atoms with Crippen molar-refractivity contribution in [3.8, 4) is 0 Å². The summed E-state index contributed by atoms with van der Waals surface area (Å²) in [6.07, 6.45) is 1.96. The Bertz CT molecular complexity index is 431. The summed E-state index contributed by atoms with van der Waals surface area (Å²) in [7, 11) is 2.09. The van der Waals surface area contributed by atoms with Gasteiger partial charge < -0.3 is 9.80 Å². The zero-order valence-electron chi connectivity index (χ0n) is 11.1. The van der Waals surface area contributed by atoms with Crippen molar-refractivity contribution < 1.29 is 4.79 Å². The molecule has 1 aromatic carbocycles. The molecule has 3 nitrogen and oxygen atoms in total. The second-order valence-electron chi connectivity index (χ2n) is 4.83. The van der Waals surface area contributed by atoms with Crippen molar-refractivity contribution in [1.82, 2.24) is 9.80 Å². The molecule has 1 aliphatic heterocycles.